The zero-order chi connectivity index (χ0) is 26.5. The van der Waals surface area contributed by atoms with Gasteiger partial charge in [-0.3, -0.25) is 9.59 Å². The Bertz CT molecular complexity index is 1370. The highest BCUT2D eigenvalue weighted by molar-refractivity contribution is 9.11. The number of benzene rings is 3. The third kappa shape index (κ3) is 6.51. The number of para-hydroxylation sites is 2. The van der Waals surface area contributed by atoms with E-state index in [1.165, 1.54) is 13.2 Å². The number of carbonyl (C=O) groups excluding carboxylic acids is 3. The van der Waals surface area contributed by atoms with Gasteiger partial charge in [-0.1, -0.05) is 35.9 Å². The molecule has 0 spiro atoms. The number of nitrogens with zero attached hydrogens (tertiary/aromatic N) is 1. The van der Waals surface area contributed by atoms with Gasteiger partial charge < -0.3 is 20.1 Å². The Balaban J connectivity index is 1.44. The number of ether oxygens (including phenoxy) is 2. The van der Waals surface area contributed by atoms with E-state index in [1.807, 2.05) is 12.1 Å². The third-order valence-corrected chi connectivity index (χ3v) is 6.70. The highest BCUT2D eigenvalue weighted by atomic mass is 79.9. The van der Waals surface area contributed by atoms with E-state index in [-0.39, 0.29) is 5.70 Å². The predicted octanol–water partition coefficient (Wildman–Crippen LogP) is 5.98. The van der Waals surface area contributed by atoms with Crippen LogP contribution in [0.25, 0.3) is 6.08 Å². The van der Waals surface area contributed by atoms with Crippen molar-refractivity contribution in [2.45, 2.75) is 6.61 Å². The zero-order valence-electron chi connectivity index (χ0n) is 19.4. The van der Waals surface area contributed by atoms with Crippen molar-refractivity contribution in [2.75, 3.05) is 19.0 Å². The van der Waals surface area contributed by atoms with E-state index in [0.29, 0.717) is 43.3 Å². The van der Waals surface area contributed by atoms with Crippen molar-refractivity contribution in [3.63, 3.8) is 0 Å². The van der Waals surface area contributed by atoms with Gasteiger partial charge in [0.25, 0.3) is 5.91 Å². The lowest BCUT2D eigenvalue weighted by atomic mass is 10.2. The molecule has 0 aliphatic carbocycles. The molecule has 4 rings (SSSR count). The lowest BCUT2D eigenvalue weighted by Gasteiger charge is -2.13. The summed E-state index contributed by atoms with van der Waals surface area (Å²) in [4.78, 5) is 38.6. The number of nitrogens with one attached hydrogen (secondary N) is 2. The van der Waals surface area contributed by atoms with Gasteiger partial charge in [0, 0.05) is 5.02 Å². The van der Waals surface area contributed by atoms with Crippen molar-refractivity contribution < 1.29 is 23.9 Å². The zero-order valence-corrected chi connectivity index (χ0v) is 23.3. The molecule has 1 saturated heterocycles. The van der Waals surface area contributed by atoms with Crippen LogP contribution in [0.3, 0.4) is 0 Å². The molecule has 2 N–H and O–H groups in total. The maximum absolute atomic E-state index is 12.9. The molecule has 1 aliphatic rings. The molecule has 0 aromatic heterocycles. The van der Waals surface area contributed by atoms with Gasteiger partial charge in [0.05, 0.1) is 21.7 Å². The van der Waals surface area contributed by atoms with E-state index in [1.54, 1.807) is 48.5 Å². The summed E-state index contributed by atoms with van der Waals surface area (Å²) in [6.45, 7) is -0.125. The number of rotatable bonds is 8. The highest BCUT2D eigenvalue weighted by Crippen LogP contribution is 2.36. The fourth-order valence-electron chi connectivity index (χ4n) is 3.50. The van der Waals surface area contributed by atoms with Gasteiger partial charge in [0.15, 0.2) is 0 Å². The number of imide groups is 1. The number of methoxy groups -OCH3 is 1. The quantitative estimate of drug-likeness (QED) is 0.231. The maximum atomic E-state index is 12.9. The van der Waals surface area contributed by atoms with Crippen molar-refractivity contribution >= 4 is 73.1 Å². The molecule has 8 nitrogen and oxygen atoms in total. The van der Waals surface area contributed by atoms with Crippen molar-refractivity contribution in [2.24, 2.45) is 0 Å². The van der Waals surface area contributed by atoms with Crippen LogP contribution in [-0.4, -0.2) is 36.4 Å². The van der Waals surface area contributed by atoms with Crippen LogP contribution in [0.2, 0.25) is 5.02 Å². The molecular formula is C26H20Br2ClN3O5. The van der Waals surface area contributed by atoms with Crippen molar-refractivity contribution in [3.8, 4) is 11.5 Å². The van der Waals surface area contributed by atoms with Crippen LogP contribution in [-0.2, 0) is 16.2 Å². The largest absolute Gasteiger partial charge is 0.495 e. The van der Waals surface area contributed by atoms with E-state index in [0.717, 1.165) is 10.5 Å². The summed E-state index contributed by atoms with van der Waals surface area (Å²) in [5.74, 6) is -0.115. The van der Waals surface area contributed by atoms with Crippen LogP contribution >= 0.6 is 43.5 Å². The summed E-state index contributed by atoms with van der Waals surface area (Å²) in [5.41, 5.74) is 2.06. The molecule has 0 saturated carbocycles. The predicted molar refractivity (Wildman–Crippen MR) is 147 cm³/mol. The second-order valence-electron chi connectivity index (χ2n) is 7.86. The Morgan fingerprint density at radius 3 is 2.43 bits per heavy atom. The summed E-state index contributed by atoms with van der Waals surface area (Å²) >= 11 is 12.9. The second kappa shape index (κ2) is 11.8. The molecule has 190 valence electrons. The van der Waals surface area contributed by atoms with E-state index >= 15 is 0 Å². The van der Waals surface area contributed by atoms with Gasteiger partial charge >= 0.3 is 6.03 Å². The van der Waals surface area contributed by atoms with Crippen LogP contribution in [0, 0.1) is 0 Å². The molecule has 0 atom stereocenters. The van der Waals surface area contributed by atoms with E-state index < -0.39 is 24.4 Å². The van der Waals surface area contributed by atoms with Crippen LogP contribution < -0.4 is 20.1 Å². The Hall–Kier alpha value is -3.34. The summed E-state index contributed by atoms with van der Waals surface area (Å²) in [6, 6.07) is 17.0. The molecule has 0 radical (unpaired) electrons. The van der Waals surface area contributed by atoms with Gasteiger partial charge in [-0.15, -0.1) is 0 Å². The lowest BCUT2D eigenvalue weighted by Crippen LogP contribution is -2.38. The Labute approximate surface area is 234 Å². The summed E-state index contributed by atoms with van der Waals surface area (Å²) < 4.78 is 12.4. The Kier molecular flexibility index (Phi) is 8.52. The Morgan fingerprint density at radius 1 is 1.08 bits per heavy atom. The highest BCUT2D eigenvalue weighted by Gasteiger charge is 2.35. The standard InChI is InChI=1S/C26H20Br2ClN3O5/c1-36-22-5-3-2-4-20(22)30-23(33)13-32-25(34)21(31-26(32)35)12-16-10-18(27)24(19(28)11-16)37-14-15-6-8-17(29)9-7-15/h2-12H,13-14H2,1H3,(H,30,33)(H,31,35)/b21-12+. The Morgan fingerprint density at radius 2 is 1.76 bits per heavy atom. The van der Waals surface area contributed by atoms with E-state index in [4.69, 9.17) is 21.1 Å². The van der Waals surface area contributed by atoms with Crippen LogP contribution in [0.5, 0.6) is 11.5 Å². The molecule has 0 unspecified atom stereocenters. The minimum atomic E-state index is -0.688. The molecule has 0 bridgehead atoms. The second-order valence-corrected chi connectivity index (χ2v) is 10.0. The number of hydrogen-bond donors (Lipinski definition) is 2. The summed E-state index contributed by atoms with van der Waals surface area (Å²) in [6.07, 6.45) is 1.52. The van der Waals surface area contributed by atoms with Gasteiger partial charge in [-0.2, -0.15) is 0 Å². The fraction of sp³-hybridized carbons (Fsp3) is 0.115. The van der Waals surface area contributed by atoms with Gasteiger partial charge in [0.2, 0.25) is 5.91 Å². The fourth-order valence-corrected chi connectivity index (χ4v) is 5.08. The molecule has 1 fully saturated rings. The average Bonchev–Trinajstić information content (AvgIpc) is 3.12. The van der Waals surface area contributed by atoms with Crippen molar-refractivity contribution in [1.29, 1.82) is 0 Å². The first-order valence-electron chi connectivity index (χ1n) is 10.9. The van der Waals surface area contributed by atoms with Crippen molar-refractivity contribution in [3.05, 3.63) is 91.5 Å². The van der Waals surface area contributed by atoms with Crippen LogP contribution in [0.15, 0.2) is 75.3 Å². The average molecular weight is 650 g/mol. The number of hydrogen-bond acceptors (Lipinski definition) is 5. The monoisotopic (exact) mass is 647 g/mol. The molecule has 3 aromatic rings. The molecule has 4 amide bonds. The maximum Gasteiger partial charge on any atom is 0.329 e. The van der Waals surface area contributed by atoms with Crippen LogP contribution in [0.1, 0.15) is 11.1 Å². The third-order valence-electron chi connectivity index (χ3n) is 5.27. The van der Waals surface area contributed by atoms with Gasteiger partial charge in [-0.25, -0.2) is 9.69 Å². The molecule has 11 heteroatoms. The smallest absolute Gasteiger partial charge is 0.329 e. The minimum Gasteiger partial charge on any atom is -0.495 e. The SMILES string of the molecule is COc1ccccc1NC(=O)CN1C(=O)N/C(=C/c2cc(Br)c(OCc3ccc(Cl)cc3)c(Br)c2)C1=O. The first kappa shape index (κ1) is 26.7. The summed E-state index contributed by atoms with van der Waals surface area (Å²) in [7, 11) is 1.48. The van der Waals surface area contributed by atoms with Crippen molar-refractivity contribution in [1.82, 2.24) is 10.2 Å². The molecule has 1 aliphatic heterocycles. The normalized spacial score (nSPS) is 14.1. The number of amides is 4. The molecule has 3 aromatic carbocycles. The first-order valence-corrected chi connectivity index (χ1v) is 12.8. The van der Waals surface area contributed by atoms with E-state index in [2.05, 4.69) is 42.5 Å². The molecule has 1 heterocycles. The number of urea groups is 1. The lowest BCUT2D eigenvalue weighted by molar-refractivity contribution is -0.127. The van der Waals surface area contributed by atoms with Gasteiger partial charge in [0.1, 0.15) is 30.3 Å². The minimum absolute atomic E-state index is 0.0451. The summed E-state index contributed by atoms with van der Waals surface area (Å²) in [5, 5.41) is 5.82. The van der Waals surface area contributed by atoms with Gasteiger partial charge in [-0.05, 0) is 85.5 Å². The number of anilines is 1. The number of halogens is 3. The topological polar surface area (TPSA) is 97.0 Å². The molecule has 37 heavy (non-hydrogen) atoms. The van der Waals surface area contributed by atoms with Crippen LogP contribution in [0.4, 0.5) is 10.5 Å². The first-order chi connectivity index (χ1) is 17.7. The number of carbonyl (C=O) groups is 3. The molecular weight excluding hydrogens is 630 g/mol. The van der Waals surface area contributed by atoms with E-state index in [9.17, 15) is 14.4 Å².